The summed E-state index contributed by atoms with van der Waals surface area (Å²) in [6, 6.07) is 15.4. The van der Waals surface area contributed by atoms with Crippen molar-refractivity contribution in [2.45, 2.75) is 12.5 Å². The second kappa shape index (κ2) is 6.64. The van der Waals surface area contributed by atoms with Gasteiger partial charge in [0.2, 0.25) is 0 Å². The maximum atomic E-state index is 10.1. The molecule has 2 aromatic carbocycles. The first-order chi connectivity index (χ1) is 10.8. The van der Waals surface area contributed by atoms with Gasteiger partial charge < -0.3 is 20.6 Å². The summed E-state index contributed by atoms with van der Waals surface area (Å²) in [4.78, 5) is 3.23. The predicted octanol–water partition coefficient (Wildman–Crippen LogP) is 2.78. The van der Waals surface area contributed by atoms with E-state index in [1.54, 1.807) is 0 Å². The zero-order chi connectivity index (χ0) is 15.4. The highest BCUT2D eigenvalue weighted by molar-refractivity contribution is 5.84. The minimum Gasteiger partial charge on any atom is -0.491 e. The molecule has 0 saturated carbocycles. The molecule has 0 fully saturated rings. The number of H-pyrrole nitrogens is 1. The predicted molar refractivity (Wildman–Crippen MR) is 88.0 cm³/mol. The Labute approximate surface area is 129 Å². The fraction of sp³-hybridized carbons (Fsp3) is 0.222. The van der Waals surface area contributed by atoms with Gasteiger partial charge in [-0.2, -0.15) is 0 Å². The summed E-state index contributed by atoms with van der Waals surface area (Å²) in [6.45, 7) is 0.844. The molecule has 0 radical (unpaired) electrons. The van der Waals surface area contributed by atoms with Crippen LogP contribution < -0.4 is 10.5 Å². The quantitative estimate of drug-likeness (QED) is 0.655. The van der Waals surface area contributed by atoms with Crippen molar-refractivity contribution in [3.05, 3.63) is 65.9 Å². The van der Waals surface area contributed by atoms with Crippen LogP contribution in [0.25, 0.3) is 10.9 Å². The SMILES string of the molecule is NCCc1c[nH]c2ccc(OCC(O)c3ccccc3)cc12. The van der Waals surface area contributed by atoms with E-state index < -0.39 is 6.10 Å². The Morgan fingerprint density at radius 2 is 1.95 bits per heavy atom. The third-order valence-electron chi connectivity index (χ3n) is 3.74. The monoisotopic (exact) mass is 296 g/mol. The molecule has 4 nitrogen and oxygen atoms in total. The Morgan fingerprint density at radius 3 is 2.73 bits per heavy atom. The third-order valence-corrected chi connectivity index (χ3v) is 3.74. The molecule has 0 saturated heterocycles. The molecule has 22 heavy (non-hydrogen) atoms. The minimum absolute atomic E-state index is 0.228. The molecule has 0 aliphatic carbocycles. The fourth-order valence-electron chi connectivity index (χ4n) is 2.56. The third kappa shape index (κ3) is 3.13. The van der Waals surface area contributed by atoms with Crippen molar-refractivity contribution in [1.29, 1.82) is 0 Å². The molecule has 0 aliphatic rings. The molecule has 0 amide bonds. The van der Waals surface area contributed by atoms with Crippen LogP contribution in [-0.2, 0) is 6.42 Å². The van der Waals surface area contributed by atoms with E-state index >= 15 is 0 Å². The van der Waals surface area contributed by atoms with Gasteiger partial charge in [0.15, 0.2) is 0 Å². The Balaban J connectivity index is 1.72. The first-order valence-electron chi connectivity index (χ1n) is 7.44. The summed E-state index contributed by atoms with van der Waals surface area (Å²) in [5.74, 6) is 0.750. The maximum absolute atomic E-state index is 10.1. The lowest BCUT2D eigenvalue weighted by Crippen LogP contribution is -2.09. The highest BCUT2D eigenvalue weighted by Crippen LogP contribution is 2.25. The summed E-state index contributed by atoms with van der Waals surface area (Å²) >= 11 is 0. The van der Waals surface area contributed by atoms with Gasteiger partial charge in [-0.15, -0.1) is 0 Å². The lowest BCUT2D eigenvalue weighted by Gasteiger charge is -2.13. The van der Waals surface area contributed by atoms with E-state index in [0.717, 1.165) is 28.6 Å². The summed E-state index contributed by atoms with van der Waals surface area (Å²) in [6.07, 6.45) is 2.18. The molecule has 0 aliphatic heterocycles. The van der Waals surface area contributed by atoms with E-state index in [-0.39, 0.29) is 6.61 Å². The molecular weight excluding hydrogens is 276 g/mol. The van der Waals surface area contributed by atoms with Crippen LogP contribution in [0.5, 0.6) is 5.75 Å². The molecule has 3 aromatic rings. The fourth-order valence-corrected chi connectivity index (χ4v) is 2.56. The number of rotatable bonds is 6. The maximum Gasteiger partial charge on any atom is 0.120 e. The van der Waals surface area contributed by atoms with Crippen molar-refractivity contribution in [3.63, 3.8) is 0 Å². The van der Waals surface area contributed by atoms with Crippen molar-refractivity contribution in [1.82, 2.24) is 4.98 Å². The smallest absolute Gasteiger partial charge is 0.120 e. The Bertz CT molecular complexity index is 737. The average Bonchev–Trinajstić information content (AvgIpc) is 2.96. The van der Waals surface area contributed by atoms with Crippen LogP contribution in [0.2, 0.25) is 0 Å². The molecule has 114 valence electrons. The number of hydrogen-bond acceptors (Lipinski definition) is 3. The van der Waals surface area contributed by atoms with Gasteiger partial charge in [-0.05, 0) is 42.3 Å². The Hall–Kier alpha value is -2.30. The Kier molecular flexibility index (Phi) is 4.42. The average molecular weight is 296 g/mol. The summed E-state index contributed by atoms with van der Waals surface area (Å²) in [7, 11) is 0. The van der Waals surface area contributed by atoms with Gasteiger partial charge in [-0.1, -0.05) is 30.3 Å². The second-order valence-corrected chi connectivity index (χ2v) is 5.30. The standard InChI is InChI=1S/C18H20N2O2/c19-9-8-14-11-20-17-7-6-15(10-16(14)17)22-12-18(21)13-4-2-1-3-5-13/h1-7,10-11,18,20-21H,8-9,12,19H2. The minimum atomic E-state index is -0.633. The number of aliphatic hydroxyl groups excluding tert-OH is 1. The van der Waals surface area contributed by atoms with Crippen molar-refractivity contribution >= 4 is 10.9 Å². The van der Waals surface area contributed by atoms with Crippen LogP contribution in [0.1, 0.15) is 17.2 Å². The van der Waals surface area contributed by atoms with Crippen LogP contribution in [0, 0.1) is 0 Å². The van der Waals surface area contributed by atoms with Gasteiger partial charge in [-0.3, -0.25) is 0 Å². The number of aromatic amines is 1. The van der Waals surface area contributed by atoms with E-state index in [9.17, 15) is 5.11 Å². The molecule has 1 unspecified atom stereocenters. The molecule has 1 atom stereocenters. The van der Waals surface area contributed by atoms with Gasteiger partial charge in [0.05, 0.1) is 0 Å². The van der Waals surface area contributed by atoms with Crippen LogP contribution in [0.15, 0.2) is 54.7 Å². The van der Waals surface area contributed by atoms with Crippen LogP contribution in [0.3, 0.4) is 0 Å². The lowest BCUT2D eigenvalue weighted by molar-refractivity contribution is 0.108. The topological polar surface area (TPSA) is 71.3 Å². The molecule has 4 heteroatoms. The van der Waals surface area contributed by atoms with Gasteiger partial charge in [0.1, 0.15) is 18.5 Å². The highest BCUT2D eigenvalue weighted by atomic mass is 16.5. The zero-order valence-corrected chi connectivity index (χ0v) is 12.3. The molecule has 3 rings (SSSR count). The zero-order valence-electron chi connectivity index (χ0n) is 12.3. The highest BCUT2D eigenvalue weighted by Gasteiger charge is 2.09. The number of benzene rings is 2. The van der Waals surface area contributed by atoms with Crippen molar-refractivity contribution < 1.29 is 9.84 Å². The van der Waals surface area contributed by atoms with Gasteiger partial charge in [0.25, 0.3) is 0 Å². The van der Waals surface area contributed by atoms with Crippen LogP contribution in [-0.4, -0.2) is 23.2 Å². The van der Waals surface area contributed by atoms with E-state index in [2.05, 4.69) is 4.98 Å². The largest absolute Gasteiger partial charge is 0.491 e. The van der Waals surface area contributed by atoms with Crippen molar-refractivity contribution in [3.8, 4) is 5.75 Å². The number of nitrogens with two attached hydrogens (primary N) is 1. The number of aliphatic hydroxyl groups is 1. The first kappa shape index (κ1) is 14.6. The van der Waals surface area contributed by atoms with Crippen LogP contribution in [0.4, 0.5) is 0 Å². The van der Waals surface area contributed by atoms with Gasteiger partial charge in [0, 0.05) is 17.1 Å². The molecule has 0 spiro atoms. The van der Waals surface area contributed by atoms with E-state index in [4.69, 9.17) is 10.5 Å². The van der Waals surface area contributed by atoms with Gasteiger partial charge in [-0.25, -0.2) is 0 Å². The molecule has 4 N–H and O–H groups in total. The normalized spacial score (nSPS) is 12.5. The second-order valence-electron chi connectivity index (χ2n) is 5.30. The first-order valence-corrected chi connectivity index (χ1v) is 7.44. The molecule has 1 aromatic heterocycles. The number of aromatic nitrogens is 1. The number of nitrogens with one attached hydrogen (secondary N) is 1. The Morgan fingerprint density at radius 1 is 1.14 bits per heavy atom. The van der Waals surface area contributed by atoms with E-state index in [0.29, 0.717) is 6.54 Å². The molecule has 0 bridgehead atoms. The molecule has 1 heterocycles. The van der Waals surface area contributed by atoms with Crippen molar-refractivity contribution in [2.24, 2.45) is 5.73 Å². The van der Waals surface area contributed by atoms with Crippen LogP contribution >= 0.6 is 0 Å². The summed E-state index contributed by atoms with van der Waals surface area (Å²) in [5.41, 5.74) is 8.74. The number of ether oxygens (including phenoxy) is 1. The lowest BCUT2D eigenvalue weighted by atomic mass is 10.1. The van der Waals surface area contributed by atoms with E-state index in [1.165, 1.54) is 5.56 Å². The number of hydrogen-bond donors (Lipinski definition) is 3. The summed E-state index contributed by atoms with van der Waals surface area (Å²) < 4.78 is 5.74. The van der Waals surface area contributed by atoms with E-state index in [1.807, 2.05) is 54.7 Å². The number of fused-ring (bicyclic) bond motifs is 1. The van der Waals surface area contributed by atoms with Crippen molar-refractivity contribution in [2.75, 3.05) is 13.2 Å². The van der Waals surface area contributed by atoms with Gasteiger partial charge >= 0.3 is 0 Å². The summed E-state index contributed by atoms with van der Waals surface area (Å²) in [5, 5.41) is 11.3. The molecular formula is C18H20N2O2.